The maximum Gasteiger partial charge on any atom is 0.207 e. The highest BCUT2D eigenvalue weighted by molar-refractivity contribution is 5.48. The van der Waals surface area contributed by atoms with Crippen molar-refractivity contribution < 1.29 is 4.79 Å². The Kier molecular flexibility index (Phi) is 6.54. The predicted octanol–water partition coefficient (Wildman–Crippen LogP) is 2.86. The minimum Gasteiger partial charge on any atom is -0.350 e. The molecule has 1 amide bonds. The number of nitrogens with zero attached hydrogens (tertiary/aromatic N) is 2. The molecule has 0 aromatic carbocycles. The standard InChI is InChI=1S/C10H17N3O.C3H8/c1-8(2)13-6-9(5-12-13)10(3,4)11-7-14;1-3-2/h5-8H,1-4H3,(H,11,14);3H2,1-2H3. The topological polar surface area (TPSA) is 46.9 Å². The van der Waals surface area contributed by atoms with Crippen LogP contribution in [0.2, 0.25) is 0 Å². The summed E-state index contributed by atoms with van der Waals surface area (Å²) in [5, 5.41) is 6.98. The zero-order valence-corrected chi connectivity index (χ0v) is 11.8. The first-order valence-electron chi connectivity index (χ1n) is 6.15. The molecule has 1 rings (SSSR count). The molecule has 0 saturated carbocycles. The van der Waals surface area contributed by atoms with Gasteiger partial charge in [-0.2, -0.15) is 5.10 Å². The Morgan fingerprint density at radius 1 is 1.47 bits per heavy atom. The van der Waals surface area contributed by atoms with Gasteiger partial charge in [-0.25, -0.2) is 0 Å². The van der Waals surface area contributed by atoms with Gasteiger partial charge in [-0.05, 0) is 27.7 Å². The third-order valence-electron chi connectivity index (χ3n) is 2.27. The van der Waals surface area contributed by atoms with E-state index in [0.29, 0.717) is 12.5 Å². The van der Waals surface area contributed by atoms with E-state index in [0.717, 1.165) is 5.56 Å². The van der Waals surface area contributed by atoms with Gasteiger partial charge in [-0.15, -0.1) is 0 Å². The summed E-state index contributed by atoms with van der Waals surface area (Å²) < 4.78 is 1.88. The summed E-state index contributed by atoms with van der Waals surface area (Å²) in [7, 11) is 0. The molecule has 0 saturated heterocycles. The minimum absolute atomic E-state index is 0.343. The monoisotopic (exact) mass is 239 g/mol. The molecule has 1 aromatic heterocycles. The number of hydrogen-bond donors (Lipinski definition) is 1. The molecule has 4 heteroatoms. The van der Waals surface area contributed by atoms with Crippen LogP contribution in [0.3, 0.4) is 0 Å². The van der Waals surface area contributed by atoms with E-state index in [9.17, 15) is 4.79 Å². The van der Waals surface area contributed by atoms with Crippen LogP contribution in [0.1, 0.15) is 59.6 Å². The number of nitrogens with one attached hydrogen (secondary N) is 1. The summed E-state index contributed by atoms with van der Waals surface area (Å²) in [6.45, 7) is 12.3. The number of carbonyl (C=O) groups is 1. The molecule has 0 aliphatic carbocycles. The van der Waals surface area contributed by atoms with Crippen molar-refractivity contribution in [3.8, 4) is 0 Å². The second kappa shape index (κ2) is 7.09. The van der Waals surface area contributed by atoms with Crippen molar-refractivity contribution in [1.29, 1.82) is 0 Å². The molecule has 0 unspecified atom stereocenters. The van der Waals surface area contributed by atoms with Crippen molar-refractivity contribution in [2.24, 2.45) is 0 Å². The van der Waals surface area contributed by atoms with Crippen LogP contribution in [0.15, 0.2) is 12.4 Å². The lowest BCUT2D eigenvalue weighted by molar-refractivity contribution is -0.111. The largest absolute Gasteiger partial charge is 0.350 e. The molecule has 0 radical (unpaired) electrons. The van der Waals surface area contributed by atoms with Crippen molar-refractivity contribution in [2.45, 2.75) is 59.5 Å². The van der Waals surface area contributed by atoms with Crippen LogP contribution in [0.5, 0.6) is 0 Å². The van der Waals surface area contributed by atoms with E-state index >= 15 is 0 Å². The predicted molar refractivity (Wildman–Crippen MR) is 70.8 cm³/mol. The first-order chi connectivity index (χ1) is 7.88. The van der Waals surface area contributed by atoms with Crippen LogP contribution >= 0.6 is 0 Å². The normalized spacial score (nSPS) is 10.8. The summed E-state index contributed by atoms with van der Waals surface area (Å²) in [6.07, 6.45) is 5.71. The Bertz CT molecular complexity index is 329. The second-order valence-corrected chi connectivity index (χ2v) is 4.90. The molecule has 98 valence electrons. The van der Waals surface area contributed by atoms with Gasteiger partial charge in [0.1, 0.15) is 0 Å². The van der Waals surface area contributed by atoms with Gasteiger partial charge in [-0.1, -0.05) is 20.3 Å². The molecule has 1 N–H and O–H groups in total. The highest BCUT2D eigenvalue weighted by atomic mass is 16.1. The van der Waals surface area contributed by atoms with Gasteiger partial charge in [0, 0.05) is 17.8 Å². The molecular weight excluding hydrogens is 214 g/mol. The zero-order chi connectivity index (χ0) is 13.5. The molecule has 0 aliphatic rings. The molecule has 0 fully saturated rings. The van der Waals surface area contributed by atoms with Crippen molar-refractivity contribution in [2.75, 3.05) is 0 Å². The fourth-order valence-electron chi connectivity index (χ4n) is 1.17. The van der Waals surface area contributed by atoms with E-state index in [1.54, 1.807) is 6.20 Å². The van der Waals surface area contributed by atoms with Crippen LogP contribution in [-0.4, -0.2) is 16.2 Å². The fourth-order valence-corrected chi connectivity index (χ4v) is 1.17. The summed E-state index contributed by atoms with van der Waals surface area (Å²) in [5.74, 6) is 0. The first kappa shape index (κ1) is 15.7. The smallest absolute Gasteiger partial charge is 0.207 e. The van der Waals surface area contributed by atoms with Gasteiger partial charge in [0.15, 0.2) is 0 Å². The molecule has 4 nitrogen and oxygen atoms in total. The second-order valence-electron chi connectivity index (χ2n) is 4.90. The van der Waals surface area contributed by atoms with Crippen LogP contribution in [-0.2, 0) is 10.3 Å². The van der Waals surface area contributed by atoms with Crippen molar-refractivity contribution in [1.82, 2.24) is 15.1 Å². The molecule has 1 aromatic rings. The number of rotatable bonds is 4. The van der Waals surface area contributed by atoms with E-state index in [2.05, 4.69) is 38.1 Å². The summed E-state index contributed by atoms with van der Waals surface area (Å²) >= 11 is 0. The lowest BCUT2D eigenvalue weighted by Crippen LogP contribution is -2.34. The van der Waals surface area contributed by atoms with Gasteiger partial charge in [-0.3, -0.25) is 9.48 Å². The van der Waals surface area contributed by atoms with Gasteiger partial charge < -0.3 is 5.32 Å². The van der Waals surface area contributed by atoms with E-state index in [1.165, 1.54) is 6.42 Å². The highest BCUT2D eigenvalue weighted by Crippen LogP contribution is 2.19. The fraction of sp³-hybridized carbons (Fsp3) is 0.692. The lowest BCUT2D eigenvalue weighted by atomic mass is 9.98. The molecule has 17 heavy (non-hydrogen) atoms. The summed E-state index contributed by atoms with van der Waals surface area (Å²) in [6, 6.07) is 0.343. The number of aromatic nitrogens is 2. The summed E-state index contributed by atoms with van der Waals surface area (Å²) in [4.78, 5) is 10.4. The van der Waals surface area contributed by atoms with Crippen molar-refractivity contribution in [3.05, 3.63) is 18.0 Å². The van der Waals surface area contributed by atoms with Crippen LogP contribution in [0, 0.1) is 0 Å². The molecule has 0 aliphatic heterocycles. The van der Waals surface area contributed by atoms with Crippen LogP contribution in [0.25, 0.3) is 0 Å². The number of hydrogen-bond acceptors (Lipinski definition) is 2. The van der Waals surface area contributed by atoms with Crippen molar-refractivity contribution >= 4 is 6.41 Å². The van der Waals surface area contributed by atoms with E-state index in [-0.39, 0.29) is 5.54 Å². The zero-order valence-electron chi connectivity index (χ0n) is 11.8. The average molecular weight is 239 g/mol. The number of amides is 1. The Balaban J connectivity index is 0.000000770. The Morgan fingerprint density at radius 2 is 2.00 bits per heavy atom. The quantitative estimate of drug-likeness (QED) is 0.821. The van der Waals surface area contributed by atoms with Crippen LogP contribution in [0.4, 0.5) is 0 Å². The Morgan fingerprint density at radius 3 is 2.35 bits per heavy atom. The van der Waals surface area contributed by atoms with Gasteiger partial charge in [0.05, 0.1) is 11.7 Å². The SMILES string of the molecule is CC(C)n1cc(C(C)(C)NC=O)cn1.CCC. The highest BCUT2D eigenvalue weighted by Gasteiger charge is 2.21. The van der Waals surface area contributed by atoms with Gasteiger partial charge in [0.25, 0.3) is 0 Å². The van der Waals surface area contributed by atoms with E-state index < -0.39 is 0 Å². The third kappa shape index (κ3) is 5.02. The Hall–Kier alpha value is -1.32. The number of carbonyl (C=O) groups excluding carboxylic acids is 1. The van der Waals surface area contributed by atoms with E-state index in [1.807, 2.05) is 24.7 Å². The molecule has 0 atom stereocenters. The van der Waals surface area contributed by atoms with E-state index in [4.69, 9.17) is 0 Å². The Labute approximate surface area is 104 Å². The third-order valence-corrected chi connectivity index (χ3v) is 2.27. The van der Waals surface area contributed by atoms with Gasteiger partial charge >= 0.3 is 0 Å². The first-order valence-corrected chi connectivity index (χ1v) is 6.15. The van der Waals surface area contributed by atoms with Crippen LogP contribution < -0.4 is 5.32 Å². The lowest BCUT2D eigenvalue weighted by Gasteiger charge is -2.21. The molecule has 0 bridgehead atoms. The molecule has 1 heterocycles. The minimum atomic E-state index is -0.352. The maximum atomic E-state index is 10.4. The average Bonchev–Trinajstić information content (AvgIpc) is 2.67. The maximum absolute atomic E-state index is 10.4. The summed E-state index contributed by atoms with van der Waals surface area (Å²) in [5.41, 5.74) is 0.660. The van der Waals surface area contributed by atoms with Gasteiger partial charge in [0.2, 0.25) is 6.41 Å². The van der Waals surface area contributed by atoms with Crippen molar-refractivity contribution in [3.63, 3.8) is 0 Å². The molecular formula is C13H25N3O. The molecule has 0 spiro atoms.